The molecule has 1 heterocycles. The van der Waals surface area contributed by atoms with E-state index in [9.17, 15) is 26.4 Å². The van der Waals surface area contributed by atoms with Gasteiger partial charge in [-0.05, 0) is 85.7 Å². The van der Waals surface area contributed by atoms with Crippen LogP contribution >= 0.6 is 11.6 Å². The second-order valence-electron chi connectivity index (χ2n) is 11.9. The molecule has 5 rings (SSSR count). The molecule has 0 spiro atoms. The molecule has 254 valence electrons. The maximum absolute atomic E-state index is 15.8. The first-order valence-corrected chi connectivity index (χ1v) is 18.9. The van der Waals surface area contributed by atoms with Crippen molar-refractivity contribution in [2.75, 3.05) is 51.4 Å². The zero-order chi connectivity index (χ0) is 34.8. The predicted molar refractivity (Wildman–Crippen MR) is 185 cm³/mol. The highest BCUT2D eigenvalue weighted by atomic mass is 35.5. The summed E-state index contributed by atoms with van der Waals surface area (Å²) in [7, 11) is -4.36. The summed E-state index contributed by atoms with van der Waals surface area (Å²) in [6.07, 6.45) is 1.52. The van der Waals surface area contributed by atoms with Crippen LogP contribution in [-0.4, -0.2) is 90.4 Å². The lowest BCUT2D eigenvalue weighted by molar-refractivity contribution is -0.125. The number of anilines is 1. The van der Waals surface area contributed by atoms with Crippen molar-refractivity contribution in [2.24, 2.45) is 0 Å². The zero-order valence-electron chi connectivity index (χ0n) is 26.7. The summed E-state index contributed by atoms with van der Waals surface area (Å²) in [6, 6.07) is 18.5. The molecule has 4 aromatic carbocycles. The van der Waals surface area contributed by atoms with Gasteiger partial charge in [0.15, 0.2) is 9.84 Å². The molecule has 0 aromatic heterocycles. The molecular formula is C34H36ClFN4O6S2. The fourth-order valence-corrected chi connectivity index (χ4v) is 8.45. The van der Waals surface area contributed by atoms with E-state index in [0.717, 1.165) is 16.6 Å². The first kappa shape index (κ1) is 35.4. The fraction of sp³-hybridized carbons (Fsp3) is 0.294. The van der Waals surface area contributed by atoms with E-state index in [2.05, 4.69) is 5.32 Å². The summed E-state index contributed by atoms with van der Waals surface area (Å²) in [6.45, 7) is 0.278. The van der Waals surface area contributed by atoms with Gasteiger partial charge in [0.05, 0.1) is 22.0 Å². The lowest BCUT2D eigenvalue weighted by atomic mass is 10.0. The number of amides is 2. The summed E-state index contributed by atoms with van der Waals surface area (Å²) in [5, 5.41) is 4.52. The molecule has 1 unspecified atom stereocenters. The molecule has 1 saturated heterocycles. The number of rotatable bonds is 11. The van der Waals surface area contributed by atoms with E-state index in [1.807, 2.05) is 19.0 Å². The second-order valence-corrected chi connectivity index (χ2v) is 16.3. The van der Waals surface area contributed by atoms with Crippen molar-refractivity contribution in [1.29, 1.82) is 0 Å². The number of carbonyl (C=O) groups excluding carboxylic acids is 2. The minimum Gasteiger partial charge on any atom is -0.354 e. The highest BCUT2D eigenvalue weighted by molar-refractivity contribution is 7.90. The summed E-state index contributed by atoms with van der Waals surface area (Å²) < 4.78 is 69.9. The average molecular weight is 715 g/mol. The molecule has 1 atom stereocenters. The lowest BCUT2D eigenvalue weighted by Gasteiger charge is -2.37. The maximum atomic E-state index is 15.8. The van der Waals surface area contributed by atoms with Crippen LogP contribution < -0.4 is 10.2 Å². The van der Waals surface area contributed by atoms with Crippen LogP contribution in [0.1, 0.15) is 12.8 Å². The summed E-state index contributed by atoms with van der Waals surface area (Å²) in [4.78, 5) is 30.2. The minimum absolute atomic E-state index is 0.0350. The van der Waals surface area contributed by atoms with Gasteiger partial charge in [0.2, 0.25) is 21.8 Å². The van der Waals surface area contributed by atoms with Crippen molar-refractivity contribution in [3.05, 3.63) is 89.7 Å². The molecule has 2 amide bonds. The molecule has 1 aliphatic heterocycles. The van der Waals surface area contributed by atoms with Crippen LogP contribution in [0.3, 0.4) is 0 Å². The Hall–Kier alpha value is -3.88. The van der Waals surface area contributed by atoms with Gasteiger partial charge in [-0.2, -0.15) is 4.31 Å². The van der Waals surface area contributed by atoms with Crippen molar-refractivity contribution in [2.45, 2.75) is 28.7 Å². The molecule has 0 aliphatic carbocycles. The number of likely N-dealkylation sites (N-methyl/N-ethyl adjacent to an activating group) is 1. The molecule has 1 aliphatic rings. The Morgan fingerprint density at radius 3 is 2.40 bits per heavy atom. The largest absolute Gasteiger partial charge is 0.354 e. The monoisotopic (exact) mass is 714 g/mol. The van der Waals surface area contributed by atoms with Gasteiger partial charge in [-0.25, -0.2) is 21.2 Å². The summed E-state index contributed by atoms with van der Waals surface area (Å²) in [5.74, 6) is -2.05. The molecule has 48 heavy (non-hydrogen) atoms. The second kappa shape index (κ2) is 14.3. The third-order valence-corrected chi connectivity index (χ3v) is 11.4. The van der Waals surface area contributed by atoms with Gasteiger partial charge in [-0.15, -0.1) is 0 Å². The molecule has 0 bridgehead atoms. The number of hydrogen-bond donors (Lipinski definition) is 1. The van der Waals surface area contributed by atoms with E-state index >= 15 is 4.39 Å². The quantitative estimate of drug-likeness (QED) is 0.242. The van der Waals surface area contributed by atoms with Gasteiger partial charge in [0.25, 0.3) is 0 Å². The molecular weight excluding hydrogens is 679 g/mol. The first-order valence-electron chi connectivity index (χ1n) is 15.2. The maximum Gasteiger partial charge on any atom is 0.245 e. The minimum atomic E-state index is -4.42. The van der Waals surface area contributed by atoms with Crippen LogP contribution in [0, 0.1) is 5.82 Å². The molecule has 0 saturated carbocycles. The molecule has 14 heteroatoms. The van der Waals surface area contributed by atoms with Gasteiger partial charge in [-0.1, -0.05) is 48.0 Å². The smallest absolute Gasteiger partial charge is 0.245 e. The van der Waals surface area contributed by atoms with Crippen LogP contribution in [0.15, 0.2) is 88.7 Å². The number of nitrogens with zero attached hydrogens (tertiary/aromatic N) is 3. The normalized spacial score (nSPS) is 15.8. The van der Waals surface area contributed by atoms with Crippen LogP contribution in [0.25, 0.3) is 21.9 Å². The summed E-state index contributed by atoms with van der Waals surface area (Å²) >= 11 is 6.11. The van der Waals surface area contributed by atoms with E-state index in [4.69, 9.17) is 11.6 Å². The average Bonchev–Trinajstić information content (AvgIpc) is 3.03. The molecule has 1 fully saturated rings. The summed E-state index contributed by atoms with van der Waals surface area (Å²) in [5.41, 5.74) is 0.527. The van der Waals surface area contributed by atoms with E-state index in [0.29, 0.717) is 39.9 Å². The van der Waals surface area contributed by atoms with Crippen molar-refractivity contribution in [3.63, 3.8) is 0 Å². The topological polar surface area (TPSA) is 124 Å². The number of sulfone groups is 1. The van der Waals surface area contributed by atoms with Gasteiger partial charge in [0, 0.05) is 36.5 Å². The van der Waals surface area contributed by atoms with Gasteiger partial charge >= 0.3 is 0 Å². The fourth-order valence-electron chi connectivity index (χ4n) is 5.75. The SMILES string of the molecule is CN(C)CCNC(=O)CN(C1CCCN(c2ccc(-c3ccccc3S(C)(=O)=O)cc2F)C1=O)S(=O)(=O)c1ccc2cc(Cl)ccc2c1. The zero-order valence-corrected chi connectivity index (χ0v) is 29.1. The van der Waals surface area contributed by atoms with E-state index < -0.39 is 50.1 Å². The predicted octanol–water partition coefficient (Wildman–Crippen LogP) is 4.57. The van der Waals surface area contributed by atoms with E-state index in [-0.39, 0.29) is 35.0 Å². The van der Waals surface area contributed by atoms with Gasteiger partial charge in [-0.3, -0.25) is 9.59 Å². The Morgan fingerprint density at radius 2 is 1.69 bits per heavy atom. The number of halogens is 2. The highest BCUT2D eigenvalue weighted by Crippen LogP contribution is 2.34. The Bertz CT molecular complexity index is 2090. The molecule has 0 radical (unpaired) electrons. The number of carbonyl (C=O) groups is 2. The highest BCUT2D eigenvalue weighted by Gasteiger charge is 2.42. The number of hydrogen-bond acceptors (Lipinski definition) is 7. The standard InChI is InChI=1S/C34H36ClFN4O6S2/c1-38(2)18-16-37-33(41)22-40(48(45,46)27-14-11-23-19-26(35)13-10-24(23)20-27)31-8-6-17-39(34(31)42)30-15-12-25(21-29(30)36)28-7-4-5-9-32(28)47(3,43)44/h4-5,7,9-15,19-21,31H,6,8,16-18,22H2,1-3H3,(H,37,41). The van der Waals surface area contributed by atoms with E-state index in [1.165, 1.54) is 35.2 Å². The Morgan fingerprint density at radius 1 is 0.979 bits per heavy atom. The number of benzene rings is 4. The van der Waals surface area contributed by atoms with Gasteiger partial charge < -0.3 is 15.1 Å². The number of sulfonamides is 1. The number of piperidine rings is 1. The van der Waals surface area contributed by atoms with Crippen molar-refractivity contribution in [3.8, 4) is 11.1 Å². The van der Waals surface area contributed by atoms with Gasteiger partial charge in [0.1, 0.15) is 11.9 Å². The Balaban J connectivity index is 1.49. The van der Waals surface area contributed by atoms with Crippen LogP contribution in [0.5, 0.6) is 0 Å². The van der Waals surface area contributed by atoms with Crippen molar-refractivity contribution >= 4 is 59.7 Å². The third-order valence-electron chi connectivity index (χ3n) is 8.15. The third kappa shape index (κ3) is 7.71. The van der Waals surface area contributed by atoms with Crippen LogP contribution in [0.4, 0.5) is 10.1 Å². The Labute approximate surface area is 285 Å². The number of fused-ring (bicyclic) bond motifs is 1. The lowest BCUT2D eigenvalue weighted by Crippen LogP contribution is -2.56. The molecule has 10 nitrogen and oxygen atoms in total. The van der Waals surface area contributed by atoms with E-state index in [1.54, 1.807) is 42.5 Å². The number of nitrogens with one attached hydrogen (secondary N) is 1. The van der Waals surface area contributed by atoms with Crippen molar-refractivity contribution < 1.29 is 30.8 Å². The molecule has 4 aromatic rings. The Kier molecular flexibility index (Phi) is 10.6. The first-order chi connectivity index (χ1) is 22.7. The molecule has 1 N–H and O–H groups in total. The van der Waals surface area contributed by atoms with Crippen molar-refractivity contribution in [1.82, 2.24) is 14.5 Å². The van der Waals surface area contributed by atoms with Crippen LogP contribution in [-0.2, 0) is 29.4 Å². The van der Waals surface area contributed by atoms with Crippen LogP contribution in [0.2, 0.25) is 5.02 Å².